The van der Waals surface area contributed by atoms with Gasteiger partial charge in [0, 0.05) is 6.54 Å². The molecule has 6 heteroatoms. The Morgan fingerprint density at radius 3 is 2.78 bits per heavy atom. The fourth-order valence-corrected chi connectivity index (χ4v) is 2.41. The van der Waals surface area contributed by atoms with Crippen LogP contribution in [0.25, 0.3) is 0 Å². The zero-order valence-electron chi connectivity index (χ0n) is 10.1. The molecule has 1 atom stereocenters. The van der Waals surface area contributed by atoms with Gasteiger partial charge in [-0.3, -0.25) is 0 Å². The first-order valence-corrected chi connectivity index (χ1v) is 6.84. The highest BCUT2D eigenvalue weighted by Gasteiger charge is 2.11. The summed E-state index contributed by atoms with van der Waals surface area (Å²) in [6.07, 6.45) is -0.573. The van der Waals surface area contributed by atoms with E-state index in [2.05, 4.69) is 15.3 Å². The number of nitrogens with one attached hydrogen (secondary N) is 1. The molecule has 2 heterocycles. The molecular formula is C12H14ClN3OS. The second-order valence-electron chi connectivity index (χ2n) is 3.99. The number of aliphatic hydroxyl groups excluding tert-OH is 1. The lowest BCUT2D eigenvalue weighted by Crippen LogP contribution is -2.13. The Kier molecular flexibility index (Phi) is 4.16. The van der Waals surface area contributed by atoms with Crippen molar-refractivity contribution in [3.05, 3.63) is 38.9 Å². The highest BCUT2D eigenvalue weighted by Crippen LogP contribution is 2.21. The maximum absolute atomic E-state index is 9.94. The normalized spacial score (nSPS) is 12.4. The molecule has 0 radical (unpaired) electrons. The number of thiophene rings is 1. The van der Waals surface area contributed by atoms with Gasteiger partial charge in [0.05, 0.1) is 17.5 Å². The van der Waals surface area contributed by atoms with Gasteiger partial charge in [-0.05, 0) is 36.2 Å². The first-order chi connectivity index (χ1) is 8.58. The number of aliphatic hydroxyl groups is 1. The summed E-state index contributed by atoms with van der Waals surface area (Å²) in [5.74, 6) is 0.508. The number of aryl methyl sites for hydroxylation is 2. The first-order valence-electron chi connectivity index (χ1n) is 5.52. The van der Waals surface area contributed by atoms with Gasteiger partial charge in [0.1, 0.15) is 0 Å². The smallest absolute Gasteiger partial charge is 0.171 e. The fourth-order valence-electron chi connectivity index (χ4n) is 1.46. The number of aromatic nitrogens is 2. The third-order valence-electron chi connectivity index (χ3n) is 2.66. The Hall–Kier alpha value is -1.17. The van der Waals surface area contributed by atoms with Crippen molar-refractivity contribution in [2.75, 3.05) is 11.9 Å². The SMILES string of the molecule is Cc1nc(Cl)c(NCC(O)c2ccsc2)nc1C. The molecular weight excluding hydrogens is 270 g/mol. The molecule has 0 bridgehead atoms. The summed E-state index contributed by atoms with van der Waals surface area (Å²) in [6, 6.07) is 1.89. The van der Waals surface area contributed by atoms with Crippen molar-refractivity contribution in [1.82, 2.24) is 9.97 Å². The van der Waals surface area contributed by atoms with Crippen molar-refractivity contribution in [2.45, 2.75) is 20.0 Å². The van der Waals surface area contributed by atoms with Crippen LogP contribution < -0.4 is 5.32 Å². The van der Waals surface area contributed by atoms with Crippen molar-refractivity contribution in [3.8, 4) is 0 Å². The quantitative estimate of drug-likeness (QED) is 0.906. The molecule has 0 amide bonds. The average Bonchev–Trinajstić information content (AvgIpc) is 2.85. The Labute approximate surface area is 115 Å². The number of nitrogens with zero attached hydrogens (tertiary/aromatic N) is 2. The molecule has 2 aromatic heterocycles. The lowest BCUT2D eigenvalue weighted by Gasteiger charge is -2.12. The van der Waals surface area contributed by atoms with Crippen LogP contribution in [-0.2, 0) is 0 Å². The molecule has 18 heavy (non-hydrogen) atoms. The number of anilines is 1. The second kappa shape index (κ2) is 5.65. The highest BCUT2D eigenvalue weighted by atomic mass is 35.5. The zero-order valence-corrected chi connectivity index (χ0v) is 11.7. The number of hydrogen-bond donors (Lipinski definition) is 2. The number of hydrogen-bond acceptors (Lipinski definition) is 5. The van der Waals surface area contributed by atoms with Crippen LogP contribution >= 0.6 is 22.9 Å². The molecule has 1 unspecified atom stereocenters. The Morgan fingerprint density at radius 2 is 2.11 bits per heavy atom. The Balaban J connectivity index is 2.04. The standard InChI is InChI=1S/C12H14ClN3OS/c1-7-8(2)16-12(11(13)15-7)14-5-10(17)9-3-4-18-6-9/h3-4,6,10,17H,5H2,1-2H3,(H,14,16). The van der Waals surface area contributed by atoms with Gasteiger partial charge in [0.15, 0.2) is 11.0 Å². The monoisotopic (exact) mass is 283 g/mol. The summed E-state index contributed by atoms with van der Waals surface area (Å²) in [6.45, 7) is 4.09. The Bertz CT molecular complexity index is 530. The minimum atomic E-state index is -0.573. The van der Waals surface area contributed by atoms with Crippen molar-refractivity contribution < 1.29 is 5.11 Å². The van der Waals surface area contributed by atoms with Crippen LogP contribution in [0.3, 0.4) is 0 Å². The minimum Gasteiger partial charge on any atom is -0.387 e. The third kappa shape index (κ3) is 2.98. The van der Waals surface area contributed by atoms with Crippen LogP contribution in [0, 0.1) is 13.8 Å². The molecule has 2 aromatic rings. The number of rotatable bonds is 4. The van der Waals surface area contributed by atoms with Gasteiger partial charge in [-0.1, -0.05) is 11.6 Å². The molecule has 0 saturated heterocycles. The summed E-state index contributed by atoms with van der Waals surface area (Å²) in [5.41, 5.74) is 2.52. The van der Waals surface area contributed by atoms with Crippen LogP contribution in [0.2, 0.25) is 5.15 Å². The predicted molar refractivity (Wildman–Crippen MR) is 74.3 cm³/mol. The molecule has 0 aromatic carbocycles. The van der Waals surface area contributed by atoms with Crippen LogP contribution in [0.4, 0.5) is 5.82 Å². The third-order valence-corrected chi connectivity index (χ3v) is 3.62. The largest absolute Gasteiger partial charge is 0.387 e. The van der Waals surface area contributed by atoms with E-state index in [1.54, 1.807) is 11.3 Å². The maximum atomic E-state index is 9.94. The minimum absolute atomic E-state index is 0.329. The Morgan fingerprint density at radius 1 is 1.39 bits per heavy atom. The van der Waals surface area contributed by atoms with E-state index in [9.17, 15) is 5.11 Å². The van der Waals surface area contributed by atoms with Crippen molar-refractivity contribution >= 4 is 28.8 Å². The van der Waals surface area contributed by atoms with E-state index in [4.69, 9.17) is 11.6 Å². The molecule has 96 valence electrons. The van der Waals surface area contributed by atoms with E-state index in [0.717, 1.165) is 17.0 Å². The lowest BCUT2D eigenvalue weighted by molar-refractivity contribution is 0.192. The summed E-state index contributed by atoms with van der Waals surface area (Å²) >= 11 is 7.55. The van der Waals surface area contributed by atoms with Crippen LogP contribution in [0.15, 0.2) is 16.8 Å². The van der Waals surface area contributed by atoms with Gasteiger partial charge in [0.25, 0.3) is 0 Å². The first kappa shape index (κ1) is 13.3. The van der Waals surface area contributed by atoms with E-state index in [1.807, 2.05) is 30.7 Å². The van der Waals surface area contributed by atoms with E-state index >= 15 is 0 Å². The molecule has 2 rings (SSSR count). The molecule has 0 fully saturated rings. The van der Waals surface area contributed by atoms with Crippen LogP contribution in [0.1, 0.15) is 23.1 Å². The van der Waals surface area contributed by atoms with Gasteiger partial charge in [-0.15, -0.1) is 0 Å². The van der Waals surface area contributed by atoms with Gasteiger partial charge in [0.2, 0.25) is 0 Å². The van der Waals surface area contributed by atoms with Gasteiger partial charge >= 0.3 is 0 Å². The highest BCUT2D eigenvalue weighted by molar-refractivity contribution is 7.07. The molecule has 0 aliphatic rings. The van der Waals surface area contributed by atoms with E-state index in [-0.39, 0.29) is 0 Å². The van der Waals surface area contributed by atoms with Crippen LogP contribution in [-0.4, -0.2) is 21.6 Å². The molecule has 2 N–H and O–H groups in total. The van der Waals surface area contributed by atoms with Gasteiger partial charge in [-0.25, -0.2) is 9.97 Å². The summed E-state index contributed by atoms with van der Waals surface area (Å²) in [7, 11) is 0. The topological polar surface area (TPSA) is 58.0 Å². The van der Waals surface area contributed by atoms with Crippen LogP contribution in [0.5, 0.6) is 0 Å². The van der Waals surface area contributed by atoms with E-state index in [1.165, 1.54) is 0 Å². The second-order valence-corrected chi connectivity index (χ2v) is 5.13. The van der Waals surface area contributed by atoms with E-state index in [0.29, 0.717) is 17.5 Å². The van der Waals surface area contributed by atoms with E-state index < -0.39 is 6.10 Å². The maximum Gasteiger partial charge on any atom is 0.171 e. The number of halogens is 1. The van der Waals surface area contributed by atoms with Crippen molar-refractivity contribution in [1.29, 1.82) is 0 Å². The van der Waals surface area contributed by atoms with Gasteiger partial charge < -0.3 is 10.4 Å². The predicted octanol–water partition coefficient (Wildman–Crippen LogP) is 2.95. The molecule has 0 spiro atoms. The molecule has 0 aliphatic carbocycles. The van der Waals surface area contributed by atoms with Gasteiger partial charge in [-0.2, -0.15) is 11.3 Å². The van der Waals surface area contributed by atoms with Crippen molar-refractivity contribution in [2.24, 2.45) is 0 Å². The summed E-state index contributed by atoms with van der Waals surface area (Å²) in [4.78, 5) is 8.49. The summed E-state index contributed by atoms with van der Waals surface area (Å²) < 4.78 is 0. The van der Waals surface area contributed by atoms with Crippen molar-refractivity contribution in [3.63, 3.8) is 0 Å². The zero-order chi connectivity index (χ0) is 13.1. The lowest BCUT2D eigenvalue weighted by atomic mass is 10.2. The summed E-state index contributed by atoms with van der Waals surface area (Å²) in [5, 5.41) is 17.1. The molecule has 4 nitrogen and oxygen atoms in total. The molecule has 0 aliphatic heterocycles. The average molecular weight is 284 g/mol. The molecule has 0 saturated carbocycles. The fraction of sp³-hybridized carbons (Fsp3) is 0.333.